The second-order valence-electron chi connectivity index (χ2n) is 6.32. The fourth-order valence-electron chi connectivity index (χ4n) is 2.57. The van der Waals surface area contributed by atoms with E-state index in [1.165, 1.54) is 16.3 Å². The van der Waals surface area contributed by atoms with Crippen LogP contribution < -0.4 is 34.7 Å². The fourth-order valence-corrected chi connectivity index (χ4v) is 3.94. The first-order chi connectivity index (χ1) is 11.8. The van der Waals surface area contributed by atoms with Gasteiger partial charge < -0.3 is 9.90 Å². The summed E-state index contributed by atoms with van der Waals surface area (Å²) < 4.78 is 1.33. The van der Waals surface area contributed by atoms with Crippen LogP contribution in [-0.4, -0.2) is 25.5 Å². The molecule has 0 aliphatic carbocycles. The Kier molecular flexibility index (Phi) is 6.96. The van der Waals surface area contributed by atoms with Crippen LogP contribution in [0.3, 0.4) is 0 Å². The van der Waals surface area contributed by atoms with Crippen LogP contribution in [-0.2, 0) is 11.3 Å². The van der Waals surface area contributed by atoms with Gasteiger partial charge in [-0.1, -0.05) is 48.2 Å². The molecule has 26 heavy (non-hydrogen) atoms. The first-order valence-corrected chi connectivity index (χ1v) is 9.37. The minimum Gasteiger partial charge on any atom is -0.549 e. The van der Waals surface area contributed by atoms with Gasteiger partial charge in [-0.05, 0) is 58.6 Å². The topological polar surface area (TPSA) is 70.8 Å². The molecule has 0 spiro atoms. The number of aryl methyl sites for hydroxylation is 1. The number of carboxylic acids is 1. The number of benzene rings is 2. The van der Waals surface area contributed by atoms with E-state index in [0.717, 1.165) is 17.3 Å². The molecule has 0 aliphatic rings. The van der Waals surface area contributed by atoms with Crippen molar-refractivity contribution >= 4 is 44.4 Å². The molecule has 0 atom stereocenters. The molecule has 1 aromatic heterocycles. The number of nitrogens with zero attached hydrogens (tertiary/aromatic N) is 3. The molecule has 0 amide bonds. The maximum absolute atomic E-state index is 11.3. The number of thioether (sulfide) groups is 1. The van der Waals surface area contributed by atoms with Crippen molar-refractivity contribution < 1.29 is 39.5 Å². The van der Waals surface area contributed by atoms with Crippen molar-refractivity contribution in [2.75, 3.05) is 0 Å². The van der Waals surface area contributed by atoms with E-state index < -0.39 is 10.7 Å². The Balaban J connectivity index is 0.00000243. The average molecular weight is 442 g/mol. The Labute approximate surface area is 187 Å². The van der Waals surface area contributed by atoms with Crippen LogP contribution in [0, 0.1) is 6.92 Å². The molecule has 0 saturated carbocycles. The molecule has 3 aromatic rings. The zero-order valence-corrected chi connectivity index (χ0v) is 19.5. The van der Waals surface area contributed by atoms with E-state index >= 15 is 0 Å². The quantitative estimate of drug-likeness (QED) is 0.417. The second-order valence-corrected chi connectivity index (χ2v) is 8.62. The predicted molar refractivity (Wildman–Crippen MR) is 100 cm³/mol. The number of fused-ring (bicyclic) bond motifs is 1. The number of halogens is 1. The summed E-state index contributed by atoms with van der Waals surface area (Å²) in [6, 6.07) is 12.4. The third-order valence-electron chi connectivity index (χ3n) is 4.07. The third-order valence-corrected chi connectivity index (χ3v) is 5.82. The summed E-state index contributed by atoms with van der Waals surface area (Å²) in [5.74, 6) is -1.14. The third kappa shape index (κ3) is 4.34. The van der Waals surface area contributed by atoms with E-state index in [4.69, 9.17) is 0 Å². The van der Waals surface area contributed by atoms with Crippen LogP contribution in [0.25, 0.3) is 10.8 Å². The number of hydrogen-bond acceptors (Lipinski definition) is 5. The molecule has 5 nitrogen and oxygen atoms in total. The largest absolute Gasteiger partial charge is 1.00 e. The van der Waals surface area contributed by atoms with E-state index in [1.807, 2.05) is 16.7 Å². The molecular weight excluding hydrogens is 425 g/mol. The Hall–Kier alpha value is -0.860. The van der Waals surface area contributed by atoms with Gasteiger partial charge in [0.25, 0.3) is 0 Å². The summed E-state index contributed by atoms with van der Waals surface area (Å²) in [6.45, 7) is 5.83. The molecule has 0 saturated heterocycles. The van der Waals surface area contributed by atoms with Crippen molar-refractivity contribution in [3.8, 4) is 0 Å². The number of carbonyl (C=O) groups is 1. The molecule has 1 heterocycles. The molecule has 130 valence electrons. The molecule has 3 rings (SSSR count). The number of carbonyl (C=O) groups excluding carboxylic acids is 1. The Bertz CT molecular complexity index is 959. The van der Waals surface area contributed by atoms with Crippen LogP contribution in [0.1, 0.15) is 25.0 Å². The molecule has 0 N–H and O–H groups in total. The first-order valence-electron chi connectivity index (χ1n) is 7.76. The Morgan fingerprint density at radius 2 is 1.85 bits per heavy atom. The maximum Gasteiger partial charge on any atom is 1.00 e. The Morgan fingerprint density at radius 1 is 1.19 bits per heavy atom. The molecule has 0 bridgehead atoms. The minimum absolute atomic E-state index is 0. The van der Waals surface area contributed by atoms with Crippen molar-refractivity contribution in [1.82, 2.24) is 14.8 Å². The van der Waals surface area contributed by atoms with E-state index in [0.29, 0.717) is 16.4 Å². The van der Waals surface area contributed by atoms with Gasteiger partial charge in [-0.25, -0.2) is 0 Å². The van der Waals surface area contributed by atoms with Gasteiger partial charge in [0.2, 0.25) is 4.73 Å². The number of aliphatic carboxylic acids is 1. The van der Waals surface area contributed by atoms with Gasteiger partial charge >= 0.3 is 29.6 Å². The van der Waals surface area contributed by atoms with E-state index in [2.05, 4.69) is 57.3 Å². The van der Waals surface area contributed by atoms with E-state index in [-0.39, 0.29) is 29.6 Å². The van der Waals surface area contributed by atoms with Crippen LogP contribution in [0.15, 0.2) is 46.3 Å². The fraction of sp³-hybridized carbons (Fsp3) is 0.278. The Morgan fingerprint density at radius 3 is 2.50 bits per heavy atom. The van der Waals surface area contributed by atoms with Crippen molar-refractivity contribution in [1.29, 1.82) is 0 Å². The number of rotatable bonds is 5. The molecule has 0 radical (unpaired) electrons. The molecule has 0 unspecified atom stereocenters. The molecule has 8 heteroatoms. The zero-order chi connectivity index (χ0) is 18.2. The summed E-state index contributed by atoms with van der Waals surface area (Å²) in [7, 11) is 0. The van der Waals surface area contributed by atoms with Crippen molar-refractivity contribution in [2.24, 2.45) is 0 Å². The second kappa shape index (κ2) is 8.44. The summed E-state index contributed by atoms with van der Waals surface area (Å²) in [4.78, 5) is 11.3. The normalized spacial score (nSPS) is 11.4. The molecular formula is C18H17BrN3NaO2S. The van der Waals surface area contributed by atoms with Crippen LogP contribution in [0.5, 0.6) is 0 Å². The van der Waals surface area contributed by atoms with E-state index in [1.54, 1.807) is 13.8 Å². The van der Waals surface area contributed by atoms with E-state index in [9.17, 15) is 9.90 Å². The average Bonchev–Trinajstić information content (AvgIpc) is 2.90. The molecule has 2 aromatic carbocycles. The predicted octanol–water partition coefficient (Wildman–Crippen LogP) is 0.175. The van der Waals surface area contributed by atoms with Crippen LogP contribution >= 0.6 is 27.7 Å². The number of hydrogen-bond donors (Lipinski definition) is 0. The van der Waals surface area contributed by atoms with Gasteiger partial charge in [0.15, 0.2) is 5.16 Å². The van der Waals surface area contributed by atoms with Gasteiger partial charge in [0.05, 0.1) is 17.3 Å². The first kappa shape index (κ1) is 21.4. The summed E-state index contributed by atoms with van der Waals surface area (Å²) >= 11 is 4.54. The summed E-state index contributed by atoms with van der Waals surface area (Å²) in [5.41, 5.74) is 2.34. The van der Waals surface area contributed by atoms with Crippen LogP contribution in [0.4, 0.5) is 0 Å². The smallest absolute Gasteiger partial charge is 0.549 e. The SMILES string of the molecule is Cc1ccc(Cn2c(Br)nnc2SC(C)(C)C(=O)[O-])c2ccccc12.[Na+]. The van der Waals surface area contributed by atoms with Gasteiger partial charge in [-0.2, -0.15) is 0 Å². The minimum atomic E-state index is -1.14. The molecule has 0 fully saturated rings. The standard InChI is InChI=1S/C18H18BrN3O2S.Na/c1-11-8-9-12(14-7-5-4-6-13(11)14)10-22-16(19)20-21-17(22)25-18(2,3)15(23)24;/h4-9H,10H2,1-3H3,(H,23,24);/q;+1/p-1. The van der Waals surface area contributed by atoms with Gasteiger partial charge in [0.1, 0.15) is 0 Å². The van der Waals surface area contributed by atoms with Crippen molar-refractivity contribution in [2.45, 2.75) is 37.2 Å². The van der Waals surface area contributed by atoms with Gasteiger partial charge in [0, 0.05) is 0 Å². The summed E-state index contributed by atoms with van der Waals surface area (Å²) in [6.07, 6.45) is 0. The molecule has 0 aliphatic heterocycles. The summed E-state index contributed by atoms with van der Waals surface area (Å²) in [5, 5.41) is 22.4. The zero-order valence-electron chi connectivity index (χ0n) is 15.1. The number of aromatic nitrogens is 3. The van der Waals surface area contributed by atoms with Crippen molar-refractivity contribution in [3.63, 3.8) is 0 Å². The van der Waals surface area contributed by atoms with Crippen LogP contribution in [0.2, 0.25) is 0 Å². The maximum atomic E-state index is 11.3. The van der Waals surface area contributed by atoms with Gasteiger partial charge in [-0.15, -0.1) is 10.2 Å². The van der Waals surface area contributed by atoms with Crippen molar-refractivity contribution in [3.05, 3.63) is 52.3 Å². The van der Waals surface area contributed by atoms with Gasteiger partial charge in [-0.3, -0.25) is 4.57 Å². The number of carboxylic acid groups (broad SMARTS) is 1. The monoisotopic (exact) mass is 441 g/mol.